The van der Waals surface area contributed by atoms with Crippen LogP contribution in [0.1, 0.15) is 33.6 Å². The van der Waals surface area contributed by atoms with E-state index >= 15 is 0 Å². The molecule has 1 rings (SSSR count). The van der Waals surface area contributed by atoms with Crippen molar-refractivity contribution in [3.05, 3.63) is 0 Å². The fraction of sp³-hybridized carbons (Fsp3) is 1.00. The van der Waals surface area contributed by atoms with E-state index in [1.54, 1.807) is 0 Å². The first-order chi connectivity index (χ1) is 7.83. The standard InChI is InChI=1S/C11H23NO4S/c1-4-16-10-8-9(11(10,2)3)12-17(14,15)7-5-6-13/h9-10,12-13H,4-8H2,1-3H3. The van der Waals surface area contributed by atoms with E-state index in [1.807, 2.05) is 20.8 Å². The Morgan fingerprint density at radius 1 is 1.47 bits per heavy atom. The number of ether oxygens (including phenoxy) is 1. The third-order valence-corrected chi connectivity index (χ3v) is 4.91. The average Bonchev–Trinajstić information content (AvgIpc) is 2.25. The number of sulfonamides is 1. The summed E-state index contributed by atoms with van der Waals surface area (Å²) in [7, 11) is -3.28. The highest BCUT2D eigenvalue weighted by molar-refractivity contribution is 7.89. The molecule has 0 radical (unpaired) electrons. The highest BCUT2D eigenvalue weighted by Crippen LogP contribution is 2.43. The van der Waals surface area contributed by atoms with E-state index in [2.05, 4.69) is 4.72 Å². The first-order valence-corrected chi connectivity index (χ1v) is 7.71. The maximum absolute atomic E-state index is 11.7. The highest BCUT2D eigenvalue weighted by Gasteiger charge is 2.50. The van der Waals surface area contributed by atoms with Crippen molar-refractivity contribution >= 4 is 10.0 Å². The van der Waals surface area contributed by atoms with Crippen molar-refractivity contribution in [1.82, 2.24) is 4.72 Å². The second-order valence-corrected chi connectivity index (χ2v) is 6.94. The minimum absolute atomic E-state index is 0.0185. The van der Waals surface area contributed by atoms with Gasteiger partial charge < -0.3 is 9.84 Å². The molecule has 1 saturated carbocycles. The summed E-state index contributed by atoms with van der Waals surface area (Å²) in [5.74, 6) is -0.0185. The van der Waals surface area contributed by atoms with Gasteiger partial charge in [0.25, 0.3) is 0 Å². The number of aliphatic hydroxyl groups is 1. The lowest BCUT2D eigenvalue weighted by Crippen LogP contribution is -2.62. The summed E-state index contributed by atoms with van der Waals surface area (Å²) in [6.07, 6.45) is 1.12. The molecule has 2 unspecified atom stereocenters. The Morgan fingerprint density at radius 3 is 2.59 bits per heavy atom. The first-order valence-electron chi connectivity index (χ1n) is 6.06. The molecule has 102 valence electrons. The number of nitrogens with one attached hydrogen (secondary N) is 1. The minimum Gasteiger partial charge on any atom is -0.396 e. The van der Waals surface area contributed by atoms with Gasteiger partial charge in [-0.2, -0.15) is 0 Å². The summed E-state index contributed by atoms with van der Waals surface area (Å²) in [4.78, 5) is 0. The molecular formula is C11H23NO4S. The van der Waals surface area contributed by atoms with Crippen LogP contribution < -0.4 is 4.72 Å². The van der Waals surface area contributed by atoms with Gasteiger partial charge in [-0.3, -0.25) is 0 Å². The summed E-state index contributed by atoms with van der Waals surface area (Å²) in [5, 5.41) is 8.64. The second kappa shape index (κ2) is 5.65. The fourth-order valence-electron chi connectivity index (χ4n) is 2.10. The van der Waals surface area contributed by atoms with Gasteiger partial charge >= 0.3 is 0 Å². The van der Waals surface area contributed by atoms with Crippen molar-refractivity contribution in [3.8, 4) is 0 Å². The summed E-state index contributed by atoms with van der Waals surface area (Å²) < 4.78 is 31.6. The molecule has 1 fully saturated rings. The van der Waals surface area contributed by atoms with Gasteiger partial charge in [0.05, 0.1) is 11.9 Å². The van der Waals surface area contributed by atoms with Gasteiger partial charge in [0, 0.05) is 24.7 Å². The Balaban J connectivity index is 2.50. The van der Waals surface area contributed by atoms with Crippen molar-refractivity contribution in [3.63, 3.8) is 0 Å². The molecule has 0 saturated heterocycles. The fourth-order valence-corrected chi connectivity index (χ4v) is 3.56. The van der Waals surface area contributed by atoms with E-state index in [0.29, 0.717) is 6.61 Å². The van der Waals surface area contributed by atoms with Gasteiger partial charge in [-0.25, -0.2) is 13.1 Å². The highest BCUT2D eigenvalue weighted by atomic mass is 32.2. The van der Waals surface area contributed by atoms with Gasteiger partial charge in [0.2, 0.25) is 10.0 Å². The van der Waals surface area contributed by atoms with E-state index in [4.69, 9.17) is 9.84 Å². The van der Waals surface area contributed by atoms with Crippen LogP contribution >= 0.6 is 0 Å². The summed E-state index contributed by atoms with van der Waals surface area (Å²) in [6, 6.07) is -0.0669. The molecule has 0 amide bonds. The predicted octanol–water partition coefficient (Wildman–Crippen LogP) is 0.492. The van der Waals surface area contributed by atoms with Gasteiger partial charge in [-0.1, -0.05) is 13.8 Å². The topological polar surface area (TPSA) is 75.6 Å². The molecule has 6 heteroatoms. The normalized spacial score (nSPS) is 27.8. The zero-order valence-corrected chi connectivity index (χ0v) is 11.6. The predicted molar refractivity (Wildman–Crippen MR) is 66.2 cm³/mol. The molecule has 2 atom stereocenters. The molecule has 0 spiro atoms. The molecular weight excluding hydrogens is 242 g/mol. The lowest BCUT2D eigenvalue weighted by Gasteiger charge is -2.51. The molecule has 0 aromatic heterocycles. The Bertz CT molecular complexity index is 339. The van der Waals surface area contributed by atoms with E-state index in [1.165, 1.54) is 0 Å². The third-order valence-electron chi connectivity index (χ3n) is 3.44. The SMILES string of the molecule is CCOC1CC(NS(=O)(=O)CCCO)C1(C)C. The zero-order chi connectivity index (χ0) is 13.1. The minimum atomic E-state index is -3.28. The van der Waals surface area contributed by atoms with Crippen LogP contribution in [-0.2, 0) is 14.8 Å². The maximum atomic E-state index is 11.7. The molecule has 0 heterocycles. The maximum Gasteiger partial charge on any atom is 0.211 e. The molecule has 17 heavy (non-hydrogen) atoms. The van der Waals surface area contributed by atoms with E-state index < -0.39 is 10.0 Å². The molecule has 1 aliphatic carbocycles. The van der Waals surface area contributed by atoms with Gasteiger partial charge in [0.15, 0.2) is 0 Å². The monoisotopic (exact) mass is 265 g/mol. The third kappa shape index (κ3) is 3.64. The Labute approximate surface area is 104 Å². The van der Waals surface area contributed by atoms with Crippen LogP contribution in [0.15, 0.2) is 0 Å². The zero-order valence-electron chi connectivity index (χ0n) is 10.8. The molecule has 0 aromatic carbocycles. The van der Waals surface area contributed by atoms with Crippen molar-refractivity contribution < 1.29 is 18.3 Å². The largest absolute Gasteiger partial charge is 0.396 e. The van der Waals surface area contributed by atoms with Crippen LogP contribution in [0, 0.1) is 5.41 Å². The molecule has 1 aliphatic rings. The lowest BCUT2D eigenvalue weighted by molar-refractivity contribution is -0.108. The van der Waals surface area contributed by atoms with Gasteiger partial charge in [-0.05, 0) is 19.8 Å². The van der Waals surface area contributed by atoms with Crippen molar-refractivity contribution in [2.45, 2.75) is 45.8 Å². The van der Waals surface area contributed by atoms with Crippen LogP contribution in [0.5, 0.6) is 0 Å². The number of hydrogen-bond donors (Lipinski definition) is 2. The van der Waals surface area contributed by atoms with Crippen LogP contribution in [0.2, 0.25) is 0 Å². The van der Waals surface area contributed by atoms with Crippen molar-refractivity contribution in [2.24, 2.45) is 5.41 Å². The number of rotatable bonds is 7. The summed E-state index contributed by atoms with van der Waals surface area (Å²) in [5.41, 5.74) is -0.164. The molecule has 0 aromatic rings. The van der Waals surface area contributed by atoms with E-state index in [9.17, 15) is 8.42 Å². The Morgan fingerprint density at radius 2 is 2.12 bits per heavy atom. The van der Waals surface area contributed by atoms with E-state index in [0.717, 1.165) is 6.42 Å². The van der Waals surface area contributed by atoms with Crippen LogP contribution in [0.3, 0.4) is 0 Å². The second-order valence-electron chi connectivity index (χ2n) is 5.07. The summed E-state index contributed by atoms with van der Waals surface area (Å²) >= 11 is 0. The Hall–Kier alpha value is -0.170. The molecule has 0 bridgehead atoms. The van der Waals surface area contributed by atoms with Crippen LogP contribution in [0.25, 0.3) is 0 Å². The van der Waals surface area contributed by atoms with Gasteiger partial charge in [0.1, 0.15) is 0 Å². The quantitative estimate of drug-likeness (QED) is 0.702. The van der Waals surface area contributed by atoms with Crippen molar-refractivity contribution in [1.29, 1.82) is 0 Å². The smallest absolute Gasteiger partial charge is 0.211 e. The van der Waals surface area contributed by atoms with Crippen molar-refractivity contribution in [2.75, 3.05) is 19.0 Å². The molecule has 5 nitrogen and oxygen atoms in total. The lowest BCUT2D eigenvalue weighted by atomic mass is 9.65. The summed E-state index contributed by atoms with van der Waals surface area (Å²) in [6.45, 7) is 6.51. The molecule has 2 N–H and O–H groups in total. The Kier molecular flexibility index (Phi) is 4.95. The van der Waals surface area contributed by atoms with Crippen LogP contribution in [-0.4, -0.2) is 44.6 Å². The molecule has 0 aliphatic heterocycles. The van der Waals surface area contributed by atoms with Gasteiger partial charge in [-0.15, -0.1) is 0 Å². The average molecular weight is 265 g/mol. The van der Waals surface area contributed by atoms with E-state index in [-0.39, 0.29) is 36.3 Å². The van der Waals surface area contributed by atoms with Crippen LogP contribution in [0.4, 0.5) is 0 Å². The first kappa shape index (κ1) is 14.9. The number of hydrogen-bond acceptors (Lipinski definition) is 4. The number of aliphatic hydroxyl groups excluding tert-OH is 1.